The number of nitrogens with zero attached hydrogens (tertiary/aromatic N) is 2. The number of carbonyl (C=O) groups excluding carboxylic acids is 1. The van der Waals surface area contributed by atoms with E-state index in [9.17, 15) is 19.8 Å². The van der Waals surface area contributed by atoms with Crippen LogP contribution in [0.5, 0.6) is 0 Å². The molecule has 8 nitrogen and oxygen atoms in total. The highest BCUT2D eigenvalue weighted by Gasteiger charge is 2.71. The van der Waals surface area contributed by atoms with Crippen molar-refractivity contribution >= 4 is 11.9 Å². The molecule has 54 heavy (non-hydrogen) atoms. The highest BCUT2D eigenvalue weighted by Crippen LogP contribution is 2.77. The van der Waals surface area contributed by atoms with Crippen molar-refractivity contribution in [1.82, 2.24) is 15.5 Å². The molecule has 8 heteroatoms. The van der Waals surface area contributed by atoms with Gasteiger partial charge in [0.05, 0.1) is 17.1 Å². The summed E-state index contributed by atoms with van der Waals surface area (Å²) in [4.78, 5) is 30.8. The SMILES string of the molecule is C=C(C)[C@@H]1CC[C@]2(C(=O)NCc3cccc(-c4nc(-c5cccc(C(=O)O)c5)no4)c3)CC[C@]3(C)C(CCC4[C@@]5(C)CC[C@H](O)C(C)(C)C5CC[C@]43C)C12. The second-order valence-corrected chi connectivity index (χ2v) is 19.4. The van der Waals surface area contributed by atoms with Crippen LogP contribution in [0.4, 0.5) is 0 Å². The van der Waals surface area contributed by atoms with Crippen LogP contribution in [0.3, 0.4) is 0 Å². The van der Waals surface area contributed by atoms with E-state index in [-0.39, 0.29) is 45.2 Å². The normalized spacial score (nSPS) is 38.0. The van der Waals surface area contributed by atoms with Crippen molar-refractivity contribution in [3.63, 3.8) is 0 Å². The van der Waals surface area contributed by atoms with Crippen LogP contribution in [0.1, 0.15) is 122 Å². The minimum atomic E-state index is -1.01. The molecule has 0 bridgehead atoms. The van der Waals surface area contributed by atoms with E-state index in [4.69, 9.17) is 4.52 Å². The van der Waals surface area contributed by atoms with Crippen LogP contribution in [0.25, 0.3) is 22.8 Å². The molecule has 288 valence electrons. The van der Waals surface area contributed by atoms with Crippen molar-refractivity contribution in [3.05, 3.63) is 71.8 Å². The minimum Gasteiger partial charge on any atom is -0.478 e. The zero-order valence-corrected chi connectivity index (χ0v) is 33.1. The molecule has 5 saturated carbocycles. The maximum atomic E-state index is 14.8. The summed E-state index contributed by atoms with van der Waals surface area (Å²) in [5.74, 6) is 2.09. The zero-order valence-electron chi connectivity index (χ0n) is 33.1. The lowest BCUT2D eigenvalue weighted by Crippen LogP contribution is -2.67. The zero-order chi connectivity index (χ0) is 38.4. The molecular formula is C46H59N3O5. The Kier molecular flexibility index (Phi) is 8.87. The van der Waals surface area contributed by atoms with Gasteiger partial charge >= 0.3 is 5.97 Å². The summed E-state index contributed by atoms with van der Waals surface area (Å²) in [7, 11) is 0. The molecular weight excluding hydrogens is 675 g/mol. The third-order valence-electron chi connectivity index (χ3n) is 16.9. The number of rotatable bonds is 7. The molecule has 8 rings (SSSR count). The average molecular weight is 734 g/mol. The molecule has 0 saturated heterocycles. The van der Waals surface area contributed by atoms with Crippen molar-refractivity contribution < 1.29 is 24.3 Å². The van der Waals surface area contributed by atoms with E-state index in [0.29, 0.717) is 47.5 Å². The van der Waals surface area contributed by atoms with Gasteiger partial charge in [-0.15, -0.1) is 0 Å². The number of aliphatic hydroxyl groups is 1. The molecule has 1 aromatic heterocycles. The fraction of sp³-hybridized carbons (Fsp3) is 0.609. The molecule has 0 radical (unpaired) electrons. The molecule has 0 spiro atoms. The van der Waals surface area contributed by atoms with Gasteiger partial charge < -0.3 is 20.1 Å². The minimum absolute atomic E-state index is 0.0632. The van der Waals surface area contributed by atoms with Crippen molar-refractivity contribution in [2.75, 3.05) is 0 Å². The Morgan fingerprint density at radius 3 is 2.39 bits per heavy atom. The van der Waals surface area contributed by atoms with Crippen LogP contribution in [0, 0.1) is 56.7 Å². The second-order valence-electron chi connectivity index (χ2n) is 19.4. The summed E-state index contributed by atoms with van der Waals surface area (Å²) >= 11 is 0. The smallest absolute Gasteiger partial charge is 0.335 e. The van der Waals surface area contributed by atoms with E-state index >= 15 is 0 Å². The van der Waals surface area contributed by atoms with Crippen molar-refractivity contribution in [1.29, 1.82) is 0 Å². The third-order valence-corrected chi connectivity index (χ3v) is 16.9. The largest absolute Gasteiger partial charge is 0.478 e. The summed E-state index contributed by atoms with van der Waals surface area (Å²) in [5, 5.41) is 28.1. The first-order valence-electron chi connectivity index (χ1n) is 20.4. The van der Waals surface area contributed by atoms with Gasteiger partial charge in [0, 0.05) is 17.7 Å². The first-order chi connectivity index (χ1) is 25.5. The molecule has 5 aliphatic rings. The molecule has 3 aromatic rings. The van der Waals surface area contributed by atoms with E-state index in [0.717, 1.165) is 49.7 Å². The molecule has 0 aliphatic heterocycles. The number of fused-ring (bicyclic) bond motifs is 7. The van der Waals surface area contributed by atoms with E-state index < -0.39 is 11.4 Å². The Morgan fingerprint density at radius 2 is 1.63 bits per heavy atom. The lowest BCUT2D eigenvalue weighted by atomic mass is 9.32. The van der Waals surface area contributed by atoms with E-state index in [2.05, 4.69) is 63.6 Å². The van der Waals surface area contributed by atoms with Crippen molar-refractivity contribution in [2.45, 2.75) is 118 Å². The summed E-state index contributed by atoms with van der Waals surface area (Å²) in [6, 6.07) is 14.3. The summed E-state index contributed by atoms with van der Waals surface area (Å²) in [6.45, 7) is 19.6. The summed E-state index contributed by atoms with van der Waals surface area (Å²) in [5.41, 5.74) is 3.74. The monoisotopic (exact) mass is 733 g/mol. The van der Waals surface area contributed by atoms with Crippen LogP contribution < -0.4 is 5.32 Å². The fourth-order valence-corrected chi connectivity index (χ4v) is 13.9. The fourth-order valence-electron chi connectivity index (χ4n) is 13.9. The number of aromatic carboxylic acids is 1. The predicted octanol–water partition coefficient (Wildman–Crippen LogP) is 9.74. The molecule has 3 N–H and O–H groups in total. The van der Waals surface area contributed by atoms with Gasteiger partial charge in [-0.05, 0) is 152 Å². The van der Waals surface area contributed by atoms with Crippen LogP contribution in [0.2, 0.25) is 0 Å². The van der Waals surface area contributed by atoms with E-state index in [1.165, 1.54) is 43.4 Å². The van der Waals surface area contributed by atoms with Gasteiger partial charge in [-0.25, -0.2) is 4.79 Å². The Labute approximate surface area is 320 Å². The molecule has 1 amide bonds. The quantitative estimate of drug-likeness (QED) is 0.207. The average Bonchev–Trinajstić information content (AvgIpc) is 3.80. The van der Waals surface area contributed by atoms with Crippen LogP contribution in [-0.4, -0.2) is 38.3 Å². The van der Waals surface area contributed by atoms with Gasteiger partial charge in [-0.1, -0.05) is 76.2 Å². The predicted molar refractivity (Wildman–Crippen MR) is 209 cm³/mol. The molecule has 2 aromatic carbocycles. The van der Waals surface area contributed by atoms with E-state index in [1.807, 2.05) is 24.3 Å². The standard InChI is InChI=1S/C46H59N3O5/c1-27(2)32-16-21-46(41(53)47-26-28-10-8-12-30(24-28)39-48-38(49-54-39)29-11-9-13-31(25-29)40(51)52)23-22-44(6)33(37(32)46)14-15-35-43(5)19-18-36(50)42(3,4)34(43)17-20-45(35,44)7/h8-13,24-25,32-37,50H,1,14-23,26H2,2-7H3,(H,47,53)(H,51,52)/t32-,33?,34?,35?,36-,37?,43-,44+,45+,46-/m0/s1. The number of aromatic nitrogens is 2. The Bertz CT molecular complexity index is 1980. The number of amides is 1. The van der Waals surface area contributed by atoms with Gasteiger partial charge in [0.15, 0.2) is 0 Å². The number of allylic oxidation sites excluding steroid dienone is 1. The number of carbonyl (C=O) groups is 2. The van der Waals surface area contributed by atoms with Crippen molar-refractivity contribution in [3.8, 4) is 22.8 Å². The molecule has 5 aliphatic carbocycles. The summed E-state index contributed by atoms with van der Waals surface area (Å²) in [6.07, 6.45) is 10.5. The summed E-state index contributed by atoms with van der Waals surface area (Å²) < 4.78 is 5.61. The third kappa shape index (κ3) is 5.39. The number of aliphatic hydroxyl groups excluding tert-OH is 1. The Hall–Kier alpha value is -3.78. The number of benzene rings is 2. The van der Waals surface area contributed by atoms with Gasteiger partial charge in [0.1, 0.15) is 0 Å². The highest BCUT2D eigenvalue weighted by molar-refractivity contribution is 5.89. The van der Waals surface area contributed by atoms with Gasteiger partial charge in [-0.3, -0.25) is 4.79 Å². The van der Waals surface area contributed by atoms with Crippen LogP contribution in [-0.2, 0) is 11.3 Å². The van der Waals surface area contributed by atoms with Crippen LogP contribution >= 0.6 is 0 Å². The topological polar surface area (TPSA) is 126 Å². The number of hydrogen-bond donors (Lipinski definition) is 3. The highest BCUT2D eigenvalue weighted by atomic mass is 16.5. The molecule has 10 atom stereocenters. The van der Waals surface area contributed by atoms with Gasteiger partial charge in [0.25, 0.3) is 5.89 Å². The van der Waals surface area contributed by atoms with Crippen LogP contribution in [0.15, 0.2) is 65.2 Å². The lowest BCUT2D eigenvalue weighted by molar-refractivity contribution is -0.246. The number of carboxylic acids is 1. The van der Waals surface area contributed by atoms with Gasteiger partial charge in [0.2, 0.25) is 11.7 Å². The lowest BCUT2D eigenvalue weighted by Gasteiger charge is -2.72. The maximum absolute atomic E-state index is 14.8. The second kappa shape index (κ2) is 12.9. The van der Waals surface area contributed by atoms with E-state index in [1.54, 1.807) is 12.1 Å². The Balaban J connectivity index is 1.03. The Morgan fingerprint density at radius 1 is 0.870 bits per heavy atom. The number of carboxylic acid groups (broad SMARTS) is 1. The molecule has 1 heterocycles. The van der Waals surface area contributed by atoms with Gasteiger partial charge in [-0.2, -0.15) is 4.98 Å². The maximum Gasteiger partial charge on any atom is 0.335 e. The first-order valence-corrected chi connectivity index (χ1v) is 20.4. The van der Waals surface area contributed by atoms with Crippen molar-refractivity contribution in [2.24, 2.45) is 56.7 Å². The molecule has 4 unspecified atom stereocenters. The first kappa shape index (κ1) is 37.2. The number of hydrogen-bond acceptors (Lipinski definition) is 6. The number of nitrogens with one attached hydrogen (secondary N) is 1. The molecule has 5 fully saturated rings.